The van der Waals surface area contributed by atoms with E-state index in [0.29, 0.717) is 17.0 Å². The standard InChI is InChI=1S/C24H23ClO3/c1-18(26)16-17-23(27)28-24(19-10-4-2-5-11-19,20-12-6-3-7-13-20)21-14-8-9-15-22(21)25/h2-15,18,26H,16-17H2,1H3. The fourth-order valence-electron chi connectivity index (χ4n) is 3.29. The van der Waals surface area contributed by atoms with E-state index in [1.807, 2.05) is 78.9 Å². The monoisotopic (exact) mass is 394 g/mol. The Morgan fingerprint density at radius 2 is 1.43 bits per heavy atom. The summed E-state index contributed by atoms with van der Waals surface area (Å²) in [5, 5.41) is 10.1. The third-order valence-corrected chi connectivity index (χ3v) is 4.98. The van der Waals surface area contributed by atoms with E-state index >= 15 is 0 Å². The minimum absolute atomic E-state index is 0.115. The molecule has 144 valence electrons. The van der Waals surface area contributed by atoms with Crippen LogP contribution in [-0.4, -0.2) is 17.2 Å². The van der Waals surface area contributed by atoms with Crippen LogP contribution in [0.1, 0.15) is 36.5 Å². The van der Waals surface area contributed by atoms with E-state index in [1.165, 1.54) is 0 Å². The second-order valence-electron chi connectivity index (χ2n) is 6.75. The maximum absolute atomic E-state index is 12.8. The number of esters is 1. The quantitative estimate of drug-likeness (QED) is 0.435. The Labute approximate surface area is 170 Å². The summed E-state index contributed by atoms with van der Waals surface area (Å²) in [6.07, 6.45) is -0.124. The van der Waals surface area contributed by atoms with Gasteiger partial charge in [-0.15, -0.1) is 0 Å². The molecule has 4 heteroatoms. The number of hydrogen-bond donors (Lipinski definition) is 1. The van der Waals surface area contributed by atoms with Crippen molar-refractivity contribution in [3.63, 3.8) is 0 Å². The first-order valence-corrected chi connectivity index (χ1v) is 9.68. The number of aliphatic hydroxyl groups excluding tert-OH is 1. The average molecular weight is 395 g/mol. The van der Waals surface area contributed by atoms with Crippen molar-refractivity contribution in [1.29, 1.82) is 0 Å². The highest BCUT2D eigenvalue weighted by molar-refractivity contribution is 6.31. The molecule has 0 bridgehead atoms. The second kappa shape index (κ2) is 9.05. The summed E-state index contributed by atoms with van der Waals surface area (Å²) in [6.45, 7) is 1.66. The van der Waals surface area contributed by atoms with Crippen LogP contribution in [0.15, 0.2) is 84.9 Å². The maximum atomic E-state index is 12.8. The molecule has 0 heterocycles. The van der Waals surface area contributed by atoms with Crippen molar-refractivity contribution in [2.75, 3.05) is 0 Å². The summed E-state index contributed by atoms with van der Waals surface area (Å²) in [5.41, 5.74) is 1.12. The van der Waals surface area contributed by atoms with E-state index in [2.05, 4.69) is 0 Å². The van der Waals surface area contributed by atoms with E-state index in [9.17, 15) is 9.90 Å². The molecule has 0 radical (unpaired) electrons. The van der Waals surface area contributed by atoms with Crippen LogP contribution in [0.5, 0.6) is 0 Å². The lowest BCUT2D eigenvalue weighted by atomic mass is 9.80. The van der Waals surface area contributed by atoms with Crippen molar-refractivity contribution >= 4 is 17.6 Å². The molecule has 3 aromatic carbocycles. The zero-order valence-electron chi connectivity index (χ0n) is 15.7. The van der Waals surface area contributed by atoms with E-state index in [-0.39, 0.29) is 6.42 Å². The van der Waals surface area contributed by atoms with Gasteiger partial charge in [-0.25, -0.2) is 0 Å². The minimum atomic E-state index is -1.18. The molecule has 3 rings (SSSR count). The molecule has 0 aliphatic rings. The zero-order valence-corrected chi connectivity index (χ0v) is 16.5. The fraction of sp³-hybridized carbons (Fsp3) is 0.208. The highest BCUT2D eigenvalue weighted by Crippen LogP contribution is 2.43. The molecular formula is C24H23ClO3. The van der Waals surface area contributed by atoms with Gasteiger partial charge in [0.1, 0.15) is 0 Å². The molecule has 0 saturated carbocycles. The molecule has 1 N–H and O–H groups in total. The van der Waals surface area contributed by atoms with Crippen LogP contribution in [0, 0.1) is 0 Å². The highest BCUT2D eigenvalue weighted by atomic mass is 35.5. The summed E-state index contributed by atoms with van der Waals surface area (Å²) in [6, 6.07) is 26.6. The summed E-state index contributed by atoms with van der Waals surface area (Å²) >= 11 is 6.59. The molecule has 0 aliphatic carbocycles. The van der Waals surface area contributed by atoms with Crippen LogP contribution < -0.4 is 0 Å². The van der Waals surface area contributed by atoms with Gasteiger partial charge in [-0.3, -0.25) is 4.79 Å². The van der Waals surface area contributed by atoms with E-state index in [1.54, 1.807) is 13.0 Å². The number of hydrogen-bond acceptors (Lipinski definition) is 3. The van der Waals surface area contributed by atoms with Crippen LogP contribution >= 0.6 is 11.6 Å². The number of carbonyl (C=O) groups excluding carboxylic acids is 1. The van der Waals surface area contributed by atoms with Crippen molar-refractivity contribution in [1.82, 2.24) is 0 Å². The fourth-order valence-corrected chi connectivity index (χ4v) is 3.56. The Bertz CT molecular complexity index is 868. The normalized spacial score (nSPS) is 12.4. The molecule has 3 aromatic rings. The van der Waals surface area contributed by atoms with Gasteiger partial charge in [-0.2, -0.15) is 0 Å². The third-order valence-electron chi connectivity index (χ3n) is 4.65. The zero-order chi connectivity index (χ0) is 20.0. The van der Waals surface area contributed by atoms with Crippen molar-refractivity contribution < 1.29 is 14.6 Å². The molecule has 1 unspecified atom stereocenters. The number of aliphatic hydroxyl groups is 1. The second-order valence-corrected chi connectivity index (χ2v) is 7.16. The molecule has 3 nitrogen and oxygen atoms in total. The van der Waals surface area contributed by atoms with Gasteiger partial charge in [-0.1, -0.05) is 90.5 Å². The number of rotatable bonds is 7. The topological polar surface area (TPSA) is 46.5 Å². The molecule has 0 fully saturated rings. The number of ether oxygens (including phenoxy) is 1. The predicted molar refractivity (Wildman–Crippen MR) is 111 cm³/mol. The Kier molecular flexibility index (Phi) is 6.50. The van der Waals surface area contributed by atoms with Crippen LogP contribution in [-0.2, 0) is 15.1 Å². The first kappa shape index (κ1) is 20.1. The molecule has 0 saturated heterocycles. The van der Waals surface area contributed by atoms with Gasteiger partial charge in [0.05, 0.1) is 6.10 Å². The van der Waals surface area contributed by atoms with Gasteiger partial charge in [0.15, 0.2) is 5.60 Å². The summed E-state index contributed by atoms with van der Waals surface area (Å²) in [5.74, 6) is -0.395. The van der Waals surface area contributed by atoms with Crippen molar-refractivity contribution in [3.05, 3.63) is 107 Å². The molecule has 0 aliphatic heterocycles. The Morgan fingerprint density at radius 1 is 0.929 bits per heavy atom. The molecule has 28 heavy (non-hydrogen) atoms. The van der Waals surface area contributed by atoms with Gasteiger partial charge >= 0.3 is 5.97 Å². The van der Waals surface area contributed by atoms with E-state index in [0.717, 1.165) is 11.1 Å². The minimum Gasteiger partial charge on any atom is -0.444 e. The molecule has 0 amide bonds. The van der Waals surface area contributed by atoms with Gasteiger partial charge in [0.2, 0.25) is 0 Å². The summed E-state index contributed by atoms with van der Waals surface area (Å²) in [4.78, 5) is 12.8. The predicted octanol–water partition coefficient (Wildman–Crippen LogP) is 5.34. The van der Waals surface area contributed by atoms with Gasteiger partial charge in [0.25, 0.3) is 0 Å². The Morgan fingerprint density at radius 3 is 1.93 bits per heavy atom. The smallest absolute Gasteiger partial charge is 0.307 e. The van der Waals surface area contributed by atoms with Gasteiger partial charge in [0, 0.05) is 28.1 Å². The first-order chi connectivity index (χ1) is 13.5. The molecule has 0 aromatic heterocycles. The molecule has 0 spiro atoms. The van der Waals surface area contributed by atoms with E-state index in [4.69, 9.17) is 16.3 Å². The van der Waals surface area contributed by atoms with Crippen molar-refractivity contribution in [2.24, 2.45) is 0 Å². The van der Waals surface area contributed by atoms with Gasteiger partial charge < -0.3 is 9.84 Å². The van der Waals surface area contributed by atoms with Crippen molar-refractivity contribution in [3.8, 4) is 0 Å². The lowest BCUT2D eigenvalue weighted by molar-refractivity contribution is -0.154. The third kappa shape index (κ3) is 4.27. The number of halogens is 1. The highest BCUT2D eigenvalue weighted by Gasteiger charge is 2.41. The van der Waals surface area contributed by atoms with Crippen LogP contribution in [0.3, 0.4) is 0 Å². The van der Waals surface area contributed by atoms with Gasteiger partial charge in [-0.05, 0) is 19.4 Å². The van der Waals surface area contributed by atoms with Crippen LogP contribution in [0.25, 0.3) is 0 Å². The maximum Gasteiger partial charge on any atom is 0.307 e. The van der Waals surface area contributed by atoms with Crippen LogP contribution in [0.2, 0.25) is 5.02 Å². The van der Waals surface area contributed by atoms with Crippen LogP contribution in [0.4, 0.5) is 0 Å². The number of benzene rings is 3. The largest absolute Gasteiger partial charge is 0.444 e. The summed E-state index contributed by atoms with van der Waals surface area (Å²) in [7, 11) is 0. The lowest BCUT2D eigenvalue weighted by Crippen LogP contribution is -2.35. The number of carbonyl (C=O) groups is 1. The first-order valence-electron chi connectivity index (χ1n) is 9.30. The summed E-state index contributed by atoms with van der Waals surface area (Å²) < 4.78 is 6.19. The molecular weight excluding hydrogens is 372 g/mol. The SMILES string of the molecule is CC(O)CCC(=O)OC(c1ccccc1)(c1ccccc1)c1ccccc1Cl. The Balaban J connectivity index is 2.21. The molecule has 1 atom stereocenters. The van der Waals surface area contributed by atoms with Crippen molar-refractivity contribution in [2.45, 2.75) is 31.5 Å². The lowest BCUT2D eigenvalue weighted by Gasteiger charge is -2.36. The van der Waals surface area contributed by atoms with E-state index < -0.39 is 17.7 Å². The Hall–Kier alpha value is -2.62. The average Bonchev–Trinajstić information content (AvgIpc) is 2.72.